The third-order valence-electron chi connectivity index (χ3n) is 4.50. The number of H-pyrrole nitrogens is 1. The van der Waals surface area contributed by atoms with Crippen LogP contribution in [0.15, 0.2) is 42.5 Å². The SMILES string of the molecule is CC(C)Oc1ccc(C2NCCc3c2[nH]c2ccc(Cl)cc32)cc1. The van der Waals surface area contributed by atoms with Gasteiger partial charge in [0.15, 0.2) is 0 Å². The standard InChI is InChI=1S/C20H21ClN2O/c1-12(2)24-15-6-3-13(4-7-15)19-20-16(9-10-22-19)17-11-14(21)5-8-18(17)23-20/h3-8,11-12,19,22-23H,9-10H2,1-2H3. The van der Waals surface area contributed by atoms with Crippen molar-refractivity contribution in [3.05, 3.63) is 64.3 Å². The Kier molecular flexibility index (Phi) is 3.99. The lowest BCUT2D eigenvalue weighted by molar-refractivity contribution is 0.242. The number of rotatable bonds is 3. The second-order valence-electron chi connectivity index (χ2n) is 6.58. The zero-order valence-electron chi connectivity index (χ0n) is 13.9. The van der Waals surface area contributed by atoms with Gasteiger partial charge < -0.3 is 15.0 Å². The fraction of sp³-hybridized carbons (Fsp3) is 0.300. The topological polar surface area (TPSA) is 37.0 Å². The Morgan fingerprint density at radius 2 is 1.92 bits per heavy atom. The molecule has 0 radical (unpaired) electrons. The molecule has 124 valence electrons. The minimum atomic E-state index is 0.174. The van der Waals surface area contributed by atoms with E-state index in [-0.39, 0.29) is 12.1 Å². The maximum atomic E-state index is 6.19. The summed E-state index contributed by atoms with van der Waals surface area (Å²) in [4.78, 5) is 3.59. The van der Waals surface area contributed by atoms with E-state index in [1.165, 1.54) is 22.2 Å². The van der Waals surface area contributed by atoms with Crippen LogP contribution in [0.3, 0.4) is 0 Å². The molecule has 2 heterocycles. The smallest absolute Gasteiger partial charge is 0.119 e. The number of nitrogens with one attached hydrogen (secondary N) is 2. The van der Waals surface area contributed by atoms with Crippen molar-refractivity contribution >= 4 is 22.5 Å². The van der Waals surface area contributed by atoms with E-state index < -0.39 is 0 Å². The summed E-state index contributed by atoms with van der Waals surface area (Å²) in [6.07, 6.45) is 1.20. The van der Waals surface area contributed by atoms with Gasteiger partial charge in [0, 0.05) is 28.2 Å². The van der Waals surface area contributed by atoms with Crippen molar-refractivity contribution in [1.29, 1.82) is 0 Å². The van der Waals surface area contributed by atoms with E-state index in [1.807, 2.05) is 32.0 Å². The van der Waals surface area contributed by atoms with E-state index in [2.05, 4.69) is 34.6 Å². The summed E-state index contributed by atoms with van der Waals surface area (Å²) < 4.78 is 5.74. The summed E-state index contributed by atoms with van der Waals surface area (Å²) in [7, 11) is 0. The molecule has 1 atom stereocenters. The summed E-state index contributed by atoms with van der Waals surface area (Å²) in [6, 6.07) is 14.6. The number of fused-ring (bicyclic) bond motifs is 3. The fourth-order valence-corrected chi connectivity index (χ4v) is 3.67. The lowest BCUT2D eigenvalue weighted by Crippen LogP contribution is -2.30. The Morgan fingerprint density at radius 3 is 2.67 bits per heavy atom. The van der Waals surface area contributed by atoms with Gasteiger partial charge in [0.1, 0.15) is 5.75 Å². The molecule has 1 unspecified atom stereocenters. The van der Waals surface area contributed by atoms with Gasteiger partial charge in [0.2, 0.25) is 0 Å². The normalized spacial score (nSPS) is 17.2. The molecular formula is C20H21ClN2O. The lowest BCUT2D eigenvalue weighted by Gasteiger charge is -2.25. The Morgan fingerprint density at radius 1 is 1.12 bits per heavy atom. The summed E-state index contributed by atoms with van der Waals surface area (Å²) in [5.41, 5.74) is 5.01. The molecule has 1 aliphatic rings. The number of hydrogen-bond donors (Lipinski definition) is 2. The minimum absolute atomic E-state index is 0.174. The number of aromatic amines is 1. The molecule has 3 nitrogen and oxygen atoms in total. The fourth-order valence-electron chi connectivity index (χ4n) is 3.50. The quantitative estimate of drug-likeness (QED) is 0.715. The molecule has 4 heteroatoms. The van der Waals surface area contributed by atoms with Crippen LogP contribution in [0.5, 0.6) is 5.75 Å². The van der Waals surface area contributed by atoms with E-state index in [9.17, 15) is 0 Å². The first-order valence-electron chi connectivity index (χ1n) is 8.42. The van der Waals surface area contributed by atoms with Crippen molar-refractivity contribution in [3.8, 4) is 5.75 Å². The third kappa shape index (κ3) is 2.79. The first-order valence-corrected chi connectivity index (χ1v) is 8.79. The van der Waals surface area contributed by atoms with Crippen molar-refractivity contribution in [3.63, 3.8) is 0 Å². The second-order valence-corrected chi connectivity index (χ2v) is 7.02. The van der Waals surface area contributed by atoms with Gasteiger partial charge in [-0.05, 0) is 61.7 Å². The highest BCUT2D eigenvalue weighted by Crippen LogP contribution is 2.35. The zero-order chi connectivity index (χ0) is 16.7. The molecule has 0 aliphatic carbocycles. The van der Waals surface area contributed by atoms with Crippen LogP contribution in [0.2, 0.25) is 5.02 Å². The van der Waals surface area contributed by atoms with Crippen LogP contribution in [0, 0.1) is 0 Å². The summed E-state index contributed by atoms with van der Waals surface area (Å²) in [6.45, 7) is 5.04. The zero-order valence-corrected chi connectivity index (χ0v) is 14.7. The summed E-state index contributed by atoms with van der Waals surface area (Å²) in [5, 5.41) is 5.65. The number of halogens is 1. The Balaban J connectivity index is 1.72. The molecule has 1 aromatic heterocycles. The lowest BCUT2D eigenvalue weighted by atomic mass is 9.94. The minimum Gasteiger partial charge on any atom is -0.491 e. The molecule has 2 aromatic carbocycles. The van der Waals surface area contributed by atoms with Crippen LogP contribution in [-0.4, -0.2) is 17.6 Å². The van der Waals surface area contributed by atoms with Crippen LogP contribution in [0.25, 0.3) is 10.9 Å². The predicted molar refractivity (Wildman–Crippen MR) is 99.1 cm³/mol. The highest BCUT2D eigenvalue weighted by molar-refractivity contribution is 6.31. The molecule has 0 spiro atoms. The monoisotopic (exact) mass is 340 g/mol. The van der Waals surface area contributed by atoms with Crippen molar-refractivity contribution in [2.75, 3.05) is 6.54 Å². The van der Waals surface area contributed by atoms with Gasteiger partial charge in [0.05, 0.1) is 12.1 Å². The largest absolute Gasteiger partial charge is 0.491 e. The molecule has 4 rings (SSSR count). The Labute approximate surface area is 147 Å². The number of benzene rings is 2. The van der Waals surface area contributed by atoms with E-state index in [0.717, 1.165) is 29.3 Å². The van der Waals surface area contributed by atoms with Gasteiger partial charge in [-0.25, -0.2) is 0 Å². The number of ether oxygens (including phenoxy) is 1. The van der Waals surface area contributed by atoms with E-state index in [4.69, 9.17) is 16.3 Å². The van der Waals surface area contributed by atoms with Gasteiger partial charge in [-0.15, -0.1) is 0 Å². The van der Waals surface area contributed by atoms with Crippen molar-refractivity contribution in [2.24, 2.45) is 0 Å². The van der Waals surface area contributed by atoms with Crippen LogP contribution < -0.4 is 10.1 Å². The maximum absolute atomic E-state index is 6.19. The molecule has 3 aromatic rings. The molecular weight excluding hydrogens is 320 g/mol. The van der Waals surface area contributed by atoms with Gasteiger partial charge in [-0.2, -0.15) is 0 Å². The number of aromatic nitrogens is 1. The van der Waals surface area contributed by atoms with Crippen molar-refractivity contribution in [2.45, 2.75) is 32.4 Å². The third-order valence-corrected chi connectivity index (χ3v) is 4.73. The van der Waals surface area contributed by atoms with E-state index in [1.54, 1.807) is 0 Å². The highest BCUT2D eigenvalue weighted by Gasteiger charge is 2.25. The number of hydrogen-bond acceptors (Lipinski definition) is 2. The highest BCUT2D eigenvalue weighted by atomic mass is 35.5. The Hall–Kier alpha value is -1.97. The summed E-state index contributed by atoms with van der Waals surface area (Å²) in [5.74, 6) is 0.910. The van der Waals surface area contributed by atoms with E-state index >= 15 is 0 Å². The average Bonchev–Trinajstić information content (AvgIpc) is 2.93. The molecule has 0 saturated heterocycles. The van der Waals surface area contributed by atoms with E-state index in [0.29, 0.717) is 0 Å². The van der Waals surface area contributed by atoms with Gasteiger partial charge in [-0.3, -0.25) is 0 Å². The average molecular weight is 341 g/mol. The van der Waals surface area contributed by atoms with Crippen LogP contribution in [-0.2, 0) is 6.42 Å². The second kappa shape index (κ2) is 6.15. The molecule has 2 N–H and O–H groups in total. The molecule has 24 heavy (non-hydrogen) atoms. The van der Waals surface area contributed by atoms with Gasteiger partial charge in [-0.1, -0.05) is 23.7 Å². The molecule has 1 aliphatic heterocycles. The van der Waals surface area contributed by atoms with Crippen LogP contribution in [0.4, 0.5) is 0 Å². The van der Waals surface area contributed by atoms with Gasteiger partial charge >= 0.3 is 0 Å². The molecule has 0 bridgehead atoms. The first-order chi connectivity index (χ1) is 11.6. The summed E-state index contributed by atoms with van der Waals surface area (Å²) >= 11 is 6.19. The molecule has 0 fully saturated rings. The van der Waals surface area contributed by atoms with Crippen LogP contribution >= 0.6 is 11.6 Å². The molecule has 0 saturated carbocycles. The van der Waals surface area contributed by atoms with Crippen molar-refractivity contribution in [1.82, 2.24) is 10.3 Å². The predicted octanol–water partition coefficient (Wildman–Crippen LogP) is 4.84. The maximum Gasteiger partial charge on any atom is 0.119 e. The molecule has 0 amide bonds. The van der Waals surface area contributed by atoms with Gasteiger partial charge in [0.25, 0.3) is 0 Å². The van der Waals surface area contributed by atoms with Crippen molar-refractivity contribution < 1.29 is 4.74 Å². The first kappa shape index (κ1) is 15.6. The van der Waals surface area contributed by atoms with Crippen LogP contribution in [0.1, 0.15) is 36.7 Å². The Bertz CT molecular complexity index is 867.